The Labute approximate surface area is 186 Å². The van der Waals surface area contributed by atoms with E-state index in [1.807, 2.05) is 48.7 Å². The zero-order valence-corrected chi connectivity index (χ0v) is 19.2. The number of rotatable bonds is 7. The van der Waals surface area contributed by atoms with E-state index in [0.717, 1.165) is 35.3 Å². The molecule has 1 aromatic heterocycles. The fourth-order valence-corrected chi connectivity index (χ4v) is 6.86. The standard InChI is InChI=1S/C24H27N2O3PS/c1-16(30(28,29)20-4-2-5-20)14-17-7-9-18(10-8-17)24(27)26-22-15-19(11-12-21(22)25)23-6-3-13-31-23/h3,6-13,15-16,20H,2,4-5,14,25H2,1H3,(H,26,27)(H,28,29). The van der Waals surface area contributed by atoms with Crippen LogP contribution in [0.1, 0.15) is 42.1 Å². The maximum absolute atomic E-state index is 12.7. The zero-order chi connectivity index (χ0) is 22.0. The number of hydrogen-bond donors (Lipinski definition) is 3. The van der Waals surface area contributed by atoms with Crippen molar-refractivity contribution >= 4 is 36.0 Å². The zero-order valence-electron chi connectivity index (χ0n) is 17.5. The van der Waals surface area contributed by atoms with Crippen molar-refractivity contribution in [2.75, 3.05) is 11.1 Å². The fraction of sp³-hybridized carbons (Fsp3) is 0.292. The van der Waals surface area contributed by atoms with Gasteiger partial charge in [0.15, 0.2) is 0 Å². The molecular formula is C24H27N2O3PS. The highest BCUT2D eigenvalue weighted by molar-refractivity contribution is 7.59. The van der Waals surface area contributed by atoms with E-state index in [9.17, 15) is 14.3 Å². The summed E-state index contributed by atoms with van der Waals surface area (Å²) in [6.07, 6.45) is 3.29. The van der Waals surface area contributed by atoms with Crippen molar-refractivity contribution in [1.82, 2.24) is 0 Å². The summed E-state index contributed by atoms with van der Waals surface area (Å²) in [6, 6.07) is 16.9. The average molecular weight is 455 g/mol. The molecule has 31 heavy (non-hydrogen) atoms. The summed E-state index contributed by atoms with van der Waals surface area (Å²) in [7, 11) is -3.15. The van der Waals surface area contributed by atoms with Crippen LogP contribution in [-0.2, 0) is 11.0 Å². The van der Waals surface area contributed by atoms with Gasteiger partial charge in [-0.25, -0.2) is 0 Å². The minimum absolute atomic E-state index is 0.0389. The van der Waals surface area contributed by atoms with E-state index in [1.54, 1.807) is 29.5 Å². The molecule has 0 spiro atoms. The molecule has 5 nitrogen and oxygen atoms in total. The van der Waals surface area contributed by atoms with Crippen molar-refractivity contribution in [2.24, 2.45) is 0 Å². The maximum atomic E-state index is 12.7. The van der Waals surface area contributed by atoms with Crippen LogP contribution in [0.25, 0.3) is 10.4 Å². The van der Waals surface area contributed by atoms with Crippen LogP contribution in [0, 0.1) is 0 Å². The van der Waals surface area contributed by atoms with Crippen LogP contribution in [0.2, 0.25) is 0 Å². The molecule has 4 rings (SSSR count). The summed E-state index contributed by atoms with van der Waals surface area (Å²) >= 11 is 1.63. The molecule has 2 aromatic carbocycles. The Balaban J connectivity index is 1.43. The Bertz CT molecular complexity index is 1110. The van der Waals surface area contributed by atoms with Gasteiger partial charge in [0, 0.05) is 21.8 Å². The molecule has 0 radical (unpaired) electrons. The van der Waals surface area contributed by atoms with Gasteiger partial charge in [0.25, 0.3) is 5.91 Å². The van der Waals surface area contributed by atoms with E-state index < -0.39 is 7.37 Å². The third-order valence-corrected chi connectivity index (χ3v) is 10.0. The van der Waals surface area contributed by atoms with Crippen LogP contribution >= 0.6 is 18.7 Å². The van der Waals surface area contributed by atoms with Crippen molar-refractivity contribution in [1.29, 1.82) is 0 Å². The second-order valence-corrected chi connectivity index (χ2v) is 12.1. The van der Waals surface area contributed by atoms with Crippen LogP contribution in [0.5, 0.6) is 0 Å². The first-order valence-electron chi connectivity index (χ1n) is 10.5. The Morgan fingerprint density at radius 2 is 1.97 bits per heavy atom. The van der Waals surface area contributed by atoms with Gasteiger partial charge in [-0.2, -0.15) is 0 Å². The van der Waals surface area contributed by atoms with E-state index >= 15 is 0 Å². The maximum Gasteiger partial charge on any atom is 0.255 e. The lowest BCUT2D eigenvalue weighted by Gasteiger charge is -2.33. The Kier molecular flexibility index (Phi) is 6.33. The van der Waals surface area contributed by atoms with Gasteiger partial charge in [-0.1, -0.05) is 37.6 Å². The van der Waals surface area contributed by atoms with Gasteiger partial charge in [-0.3, -0.25) is 9.36 Å². The minimum atomic E-state index is -3.15. The number of carbonyl (C=O) groups is 1. The van der Waals surface area contributed by atoms with Gasteiger partial charge < -0.3 is 15.9 Å². The second-order valence-electron chi connectivity index (χ2n) is 8.24. The number of thiophene rings is 1. The van der Waals surface area contributed by atoms with Gasteiger partial charge >= 0.3 is 0 Å². The Morgan fingerprint density at radius 1 is 1.23 bits per heavy atom. The first-order chi connectivity index (χ1) is 14.8. The number of benzene rings is 2. The number of nitrogen functional groups attached to an aromatic ring is 1. The van der Waals surface area contributed by atoms with Crippen molar-refractivity contribution in [3.8, 4) is 10.4 Å². The third kappa shape index (κ3) is 4.77. The van der Waals surface area contributed by atoms with Gasteiger partial charge in [-0.05, 0) is 66.1 Å². The lowest BCUT2D eigenvalue weighted by atomic mass is 10.00. The van der Waals surface area contributed by atoms with E-state index in [1.165, 1.54) is 0 Å². The predicted molar refractivity (Wildman–Crippen MR) is 129 cm³/mol. The molecule has 0 saturated heterocycles. The molecule has 0 aliphatic heterocycles. The fourth-order valence-electron chi connectivity index (χ4n) is 3.84. The van der Waals surface area contributed by atoms with Crippen molar-refractivity contribution in [2.45, 2.75) is 43.9 Å². The van der Waals surface area contributed by atoms with Crippen LogP contribution in [0.15, 0.2) is 60.0 Å². The molecule has 162 valence electrons. The van der Waals surface area contributed by atoms with Crippen molar-refractivity contribution < 1.29 is 14.3 Å². The first kappa shape index (κ1) is 21.8. The predicted octanol–water partition coefficient (Wildman–Crippen LogP) is 6.00. The van der Waals surface area contributed by atoms with Gasteiger partial charge in [-0.15, -0.1) is 11.3 Å². The Hall–Kier alpha value is -2.40. The molecular weight excluding hydrogens is 427 g/mol. The van der Waals surface area contributed by atoms with Gasteiger partial charge in [0.1, 0.15) is 0 Å². The SMILES string of the molecule is CC(Cc1ccc(C(=O)Nc2cc(-c3cccs3)ccc2N)cc1)P(=O)(O)C1CCC1. The van der Waals surface area contributed by atoms with Gasteiger partial charge in [0.05, 0.1) is 11.4 Å². The van der Waals surface area contributed by atoms with Crippen molar-refractivity contribution in [3.63, 3.8) is 0 Å². The molecule has 2 unspecified atom stereocenters. The topological polar surface area (TPSA) is 92.4 Å². The van der Waals surface area contributed by atoms with Crippen LogP contribution in [0.4, 0.5) is 11.4 Å². The highest BCUT2D eigenvalue weighted by atomic mass is 32.1. The highest BCUT2D eigenvalue weighted by Gasteiger charge is 2.39. The quantitative estimate of drug-likeness (QED) is 0.301. The molecule has 1 aliphatic rings. The molecule has 0 bridgehead atoms. The van der Waals surface area contributed by atoms with Crippen LogP contribution in [-0.4, -0.2) is 22.1 Å². The lowest BCUT2D eigenvalue weighted by Crippen LogP contribution is -2.24. The first-order valence-corrected chi connectivity index (χ1v) is 13.2. The van der Waals surface area contributed by atoms with E-state index in [0.29, 0.717) is 23.4 Å². The number of amides is 1. The smallest absolute Gasteiger partial charge is 0.255 e. The molecule has 1 amide bonds. The molecule has 7 heteroatoms. The normalized spacial score (nSPS) is 16.8. The van der Waals surface area contributed by atoms with Gasteiger partial charge in [0.2, 0.25) is 7.37 Å². The molecule has 4 N–H and O–H groups in total. The summed E-state index contributed by atoms with van der Waals surface area (Å²) in [4.78, 5) is 24.3. The van der Waals surface area contributed by atoms with E-state index in [2.05, 4.69) is 5.32 Å². The summed E-state index contributed by atoms with van der Waals surface area (Å²) in [5.41, 5.74) is 9.31. The molecule has 2 atom stereocenters. The number of hydrogen-bond acceptors (Lipinski definition) is 4. The summed E-state index contributed by atoms with van der Waals surface area (Å²) < 4.78 is 12.7. The Morgan fingerprint density at radius 3 is 2.58 bits per heavy atom. The highest BCUT2D eigenvalue weighted by Crippen LogP contribution is 2.58. The molecule has 1 saturated carbocycles. The van der Waals surface area contributed by atoms with E-state index in [-0.39, 0.29) is 17.2 Å². The number of carbonyl (C=O) groups excluding carboxylic acids is 1. The number of nitrogens with one attached hydrogen (secondary N) is 1. The van der Waals surface area contributed by atoms with Crippen molar-refractivity contribution in [3.05, 3.63) is 71.1 Å². The average Bonchev–Trinajstić information content (AvgIpc) is 3.23. The summed E-state index contributed by atoms with van der Waals surface area (Å²) in [5, 5.41) is 4.91. The van der Waals surface area contributed by atoms with Crippen LogP contribution in [0.3, 0.4) is 0 Å². The molecule has 1 aliphatic carbocycles. The molecule has 1 fully saturated rings. The third-order valence-electron chi connectivity index (χ3n) is 6.08. The number of nitrogens with two attached hydrogens (primary N) is 1. The summed E-state index contributed by atoms with van der Waals surface area (Å²) in [6.45, 7) is 1.85. The van der Waals surface area contributed by atoms with Crippen LogP contribution < -0.4 is 11.1 Å². The number of anilines is 2. The largest absolute Gasteiger partial charge is 0.397 e. The lowest BCUT2D eigenvalue weighted by molar-refractivity contribution is 0.102. The summed E-state index contributed by atoms with van der Waals surface area (Å²) in [5.74, 6) is -0.239. The monoisotopic (exact) mass is 454 g/mol. The van der Waals surface area contributed by atoms with E-state index in [4.69, 9.17) is 5.73 Å². The second kappa shape index (κ2) is 8.99. The molecule has 3 aromatic rings. The minimum Gasteiger partial charge on any atom is -0.397 e. The molecule has 1 heterocycles.